The lowest BCUT2D eigenvalue weighted by molar-refractivity contribution is -0.142. The molecule has 3 saturated heterocycles. The van der Waals surface area contributed by atoms with Crippen molar-refractivity contribution < 1.29 is 37.4 Å². The Morgan fingerprint density at radius 3 is 2.33 bits per heavy atom. The first-order valence-electron chi connectivity index (χ1n) is 16.9. The van der Waals surface area contributed by atoms with Crippen molar-refractivity contribution in [3.8, 4) is 0 Å². The van der Waals surface area contributed by atoms with E-state index in [0.29, 0.717) is 77.8 Å². The Morgan fingerprint density at radius 1 is 0.958 bits per heavy atom. The maximum atomic E-state index is 13.9. The molecule has 2 aromatic carbocycles. The summed E-state index contributed by atoms with van der Waals surface area (Å²) in [7, 11) is 0. The van der Waals surface area contributed by atoms with Gasteiger partial charge in [0.05, 0.1) is 11.2 Å². The van der Waals surface area contributed by atoms with E-state index in [9.17, 15) is 32.7 Å². The number of benzene rings is 2. The fourth-order valence-corrected chi connectivity index (χ4v) is 7.51. The number of aliphatic hydroxyl groups is 1. The quantitative estimate of drug-likeness (QED) is 0.459. The topological polar surface area (TPSA) is 106 Å². The Hall–Kier alpha value is -3.84. The largest absolute Gasteiger partial charge is 0.436 e. The van der Waals surface area contributed by atoms with Crippen LogP contribution in [0.15, 0.2) is 48.5 Å². The normalized spacial score (nSPS) is 23.8. The minimum absolute atomic E-state index is 0.0773. The predicted molar refractivity (Wildman–Crippen MR) is 172 cm³/mol. The second kappa shape index (κ2) is 13.9. The average molecular weight is 672 g/mol. The highest BCUT2D eigenvalue weighted by atomic mass is 19.4. The molecule has 48 heavy (non-hydrogen) atoms. The molecule has 0 saturated carbocycles. The first kappa shape index (κ1) is 34.0. The van der Waals surface area contributed by atoms with Gasteiger partial charge in [-0.15, -0.1) is 0 Å². The van der Waals surface area contributed by atoms with Crippen molar-refractivity contribution in [2.24, 2.45) is 0 Å². The van der Waals surface area contributed by atoms with Crippen LogP contribution < -0.4 is 5.32 Å². The van der Waals surface area contributed by atoms with E-state index in [1.54, 1.807) is 4.90 Å². The summed E-state index contributed by atoms with van der Waals surface area (Å²) < 4.78 is 46.3. The average Bonchev–Trinajstić information content (AvgIpc) is 3.34. The number of hydrogen-bond donors (Lipinski definition) is 2. The van der Waals surface area contributed by atoms with Crippen molar-refractivity contribution in [2.75, 3.05) is 51.1 Å². The lowest BCUT2D eigenvalue weighted by Gasteiger charge is -2.39. The van der Waals surface area contributed by atoms with Crippen molar-refractivity contribution in [3.05, 3.63) is 65.2 Å². The molecule has 4 aliphatic heterocycles. The highest BCUT2D eigenvalue weighted by Crippen LogP contribution is 2.31. The number of halogens is 3. The Labute approximate surface area is 278 Å². The standard InChI is InChI=1S/C35H44F3N5O5/c1-34(47)14-20-42(23-34)27-10-15-40(16-11-27)31(44)30(22-24-5-4-7-26(21-24)35(36,37)38)48-33(46)41-17-12-28(13-18-41)43-19-9-25-6-2-3-8-29(25)39-32(43)45/h2-8,21,27-28,30,47H,9-20,22-23H2,1H3,(H,39,45)/t30-,34?/m1/s1. The molecule has 0 spiro atoms. The number of rotatable bonds is 6. The van der Waals surface area contributed by atoms with Gasteiger partial charge in [0.2, 0.25) is 0 Å². The van der Waals surface area contributed by atoms with E-state index in [4.69, 9.17) is 4.74 Å². The molecular formula is C35H44F3N5O5. The van der Waals surface area contributed by atoms with Gasteiger partial charge in [-0.2, -0.15) is 13.2 Å². The summed E-state index contributed by atoms with van der Waals surface area (Å²) in [5.41, 5.74) is 0.562. The molecule has 2 N–H and O–H groups in total. The number of nitrogens with zero attached hydrogens (tertiary/aromatic N) is 4. The van der Waals surface area contributed by atoms with E-state index in [-0.39, 0.29) is 30.1 Å². The Bertz CT molecular complexity index is 1490. The fraction of sp³-hybridized carbons (Fsp3) is 0.571. The molecule has 0 aliphatic carbocycles. The summed E-state index contributed by atoms with van der Waals surface area (Å²) in [4.78, 5) is 47.6. The van der Waals surface area contributed by atoms with Gasteiger partial charge in [0.15, 0.2) is 6.10 Å². The monoisotopic (exact) mass is 671 g/mol. The maximum absolute atomic E-state index is 13.9. The summed E-state index contributed by atoms with van der Waals surface area (Å²) in [6, 6.07) is 12.4. The molecule has 4 aliphatic rings. The number of anilines is 1. The summed E-state index contributed by atoms with van der Waals surface area (Å²) in [5.74, 6) is -0.427. The number of amides is 4. The van der Waals surface area contributed by atoms with E-state index in [1.165, 1.54) is 17.0 Å². The van der Waals surface area contributed by atoms with E-state index in [2.05, 4.69) is 10.2 Å². The molecule has 10 nitrogen and oxygen atoms in total. The van der Waals surface area contributed by atoms with Crippen LogP contribution in [0.1, 0.15) is 55.7 Å². The molecule has 260 valence electrons. The van der Waals surface area contributed by atoms with Gasteiger partial charge in [-0.25, -0.2) is 9.59 Å². The number of urea groups is 1. The Morgan fingerprint density at radius 2 is 1.65 bits per heavy atom. The van der Waals surface area contributed by atoms with Gasteiger partial charge >= 0.3 is 18.3 Å². The van der Waals surface area contributed by atoms with Crippen LogP contribution in [-0.2, 0) is 28.5 Å². The smallest absolute Gasteiger partial charge is 0.416 e. The molecule has 1 unspecified atom stereocenters. The number of fused-ring (bicyclic) bond motifs is 1. The third-order valence-electron chi connectivity index (χ3n) is 10.3. The molecule has 0 aromatic heterocycles. The summed E-state index contributed by atoms with van der Waals surface area (Å²) in [6.07, 6.45) is -2.88. The molecule has 0 bridgehead atoms. The zero-order valence-electron chi connectivity index (χ0n) is 27.3. The molecule has 2 aromatic rings. The number of β-amino-alcohol motifs (C(OH)–C–C–N with tert-alkyl or cyclic N) is 1. The van der Waals surface area contributed by atoms with Crippen molar-refractivity contribution in [3.63, 3.8) is 0 Å². The SMILES string of the molecule is CC1(O)CCN(C2CCN(C(=O)[C@@H](Cc3cccc(C(F)(F)F)c3)OC(=O)N3CCC(N4CCc5ccccc5NC4=O)CC3)CC2)C1. The zero-order chi connectivity index (χ0) is 34.1. The van der Waals surface area contributed by atoms with Crippen molar-refractivity contribution >= 4 is 23.7 Å². The van der Waals surface area contributed by atoms with Crippen LogP contribution in [0.3, 0.4) is 0 Å². The van der Waals surface area contributed by atoms with Gasteiger partial charge in [0.25, 0.3) is 5.91 Å². The number of likely N-dealkylation sites (tertiary alicyclic amines) is 3. The van der Waals surface area contributed by atoms with Crippen LogP contribution >= 0.6 is 0 Å². The number of alkyl halides is 3. The number of hydrogen-bond acceptors (Lipinski definition) is 6. The highest BCUT2D eigenvalue weighted by Gasteiger charge is 2.39. The molecule has 13 heteroatoms. The van der Waals surface area contributed by atoms with Crippen LogP contribution in [0, 0.1) is 0 Å². The van der Waals surface area contributed by atoms with Crippen LogP contribution in [0.5, 0.6) is 0 Å². The van der Waals surface area contributed by atoms with E-state index in [0.717, 1.165) is 29.9 Å². The number of nitrogens with one attached hydrogen (secondary N) is 1. The molecule has 2 atom stereocenters. The number of ether oxygens (including phenoxy) is 1. The summed E-state index contributed by atoms with van der Waals surface area (Å²) in [6.45, 7) is 5.22. The fourth-order valence-electron chi connectivity index (χ4n) is 7.51. The number of carbonyl (C=O) groups is 3. The van der Waals surface area contributed by atoms with Gasteiger partial charge in [0, 0.05) is 70.0 Å². The van der Waals surface area contributed by atoms with Crippen LogP contribution in [-0.4, -0.2) is 112 Å². The first-order valence-corrected chi connectivity index (χ1v) is 16.9. The molecule has 4 heterocycles. The zero-order valence-corrected chi connectivity index (χ0v) is 27.3. The maximum Gasteiger partial charge on any atom is 0.416 e. The van der Waals surface area contributed by atoms with Gasteiger partial charge in [-0.3, -0.25) is 9.69 Å². The van der Waals surface area contributed by atoms with Crippen molar-refractivity contribution in [1.29, 1.82) is 0 Å². The Kier molecular flexibility index (Phi) is 9.89. The highest BCUT2D eigenvalue weighted by molar-refractivity contribution is 5.91. The minimum Gasteiger partial charge on any atom is -0.436 e. The van der Waals surface area contributed by atoms with Crippen molar-refractivity contribution in [1.82, 2.24) is 19.6 Å². The third kappa shape index (κ3) is 7.89. The van der Waals surface area contributed by atoms with Crippen LogP contribution in [0.2, 0.25) is 0 Å². The Balaban J connectivity index is 1.09. The van der Waals surface area contributed by atoms with Crippen LogP contribution in [0.4, 0.5) is 28.4 Å². The number of carbonyl (C=O) groups excluding carboxylic acids is 3. The molecule has 4 amide bonds. The van der Waals surface area contributed by atoms with E-state index < -0.39 is 35.4 Å². The lowest BCUT2D eigenvalue weighted by atomic mass is 10.0. The minimum atomic E-state index is -4.55. The second-order valence-corrected chi connectivity index (χ2v) is 13.8. The van der Waals surface area contributed by atoms with E-state index >= 15 is 0 Å². The second-order valence-electron chi connectivity index (χ2n) is 13.8. The van der Waals surface area contributed by atoms with Crippen LogP contribution in [0.25, 0.3) is 0 Å². The molecular weight excluding hydrogens is 627 g/mol. The summed E-state index contributed by atoms with van der Waals surface area (Å²) >= 11 is 0. The first-order chi connectivity index (χ1) is 22.9. The number of para-hydroxylation sites is 1. The number of piperidine rings is 2. The third-order valence-corrected chi connectivity index (χ3v) is 10.3. The molecule has 3 fully saturated rings. The van der Waals surface area contributed by atoms with E-state index in [1.807, 2.05) is 36.1 Å². The lowest BCUT2D eigenvalue weighted by Crippen LogP contribution is -2.52. The molecule has 0 radical (unpaired) electrons. The van der Waals surface area contributed by atoms with Gasteiger partial charge < -0.3 is 29.9 Å². The van der Waals surface area contributed by atoms with Crippen molar-refractivity contribution in [2.45, 2.75) is 81.8 Å². The summed E-state index contributed by atoms with van der Waals surface area (Å²) in [5, 5.41) is 13.4. The predicted octanol–water partition coefficient (Wildman–Crippen LogP) is 4.76. The van der Waals surface area contributed by atoms with Gasteiger partial charge in [0.1, 0.15) is 0 Å². The molecule has 6 rings (SSSR count). The van der Waals surface area contributed by atoms with Gasteiger partial charge in [-0.1, -0.05) is 36.4 Å². The van der Waals surface area contributed by atoms with Gasteiger partial charge in [-0.05, 0) is 68.7 Å².